The normalized spacial score (nSPS) is 10.2. The Morgan fingerprint density at radius 2 is 1.66 bits per heavy atom. The minimum absolute atomic E-state index is 0.265. The molecule has 0 saturated carbocycles. The lowest BCUT2D eigenvalue weighted by atomic mass is 10.1. The summed E-state index contributed by atoms with van der Waals surface area (Å²) >= 11 is 0. The van der Waals surface area contributed by atoms with E-state index in [9.17, 15) is 14.4 Å². The minimum atomic E-state index is -0.660. The van der Waals surface area contributed by atoms with Gasteiger partial charge in [0.2, 0.25) is 0 Å². The van der Waals surface area contributed by atoms with E-state index in [1.165, 1.54) is 13.1 Å². The van der Waals surface area contributed by atoms with Crippen molar-refractivity contribution in [3.63, 3.8) is 0 Å². The second kappa shape index (κ2) is 9.36. The van der Waals surface area contributed by atoms with Crippen LogP contribution in [0.2, 0.25) is 0 Å². The number of fused-ring (bicyclic) bond motifs is 1. The van der Waals surface area contributed by atoms with Gasteiger partial charge >= 0.3 is 5.97 Å². The number of esters is 1. The third-order valence-corrected chi connectivity index (χ3v) is 4.08. The number of hydrogen-bond donors (Lipinski definition) is 2. The van der Waals surface area contributed by atoms with Gasteiger partial charge in [-0.1, -0.05) is 36.4 Å². The van der Waals surface area contributed by atoms with Gasteiger partial charge in [-0.25, -0.2) is 4.79 Å². The minimum Gasteiger partial charge on any atom is -0.482 e. The van der Waals surface area contributed by atoms with E-state index in [1.54, 1.807) is 24.3 Å². The second-order valence-electron chi connectivity index (χ2n) is 6.17. The maximum Gasteiger partial charge on any atom is 0.344 e. The van der Waals surface area contributed by atoms with Crippen molar-refractivity contribution in [1.29, 1.82) is 0 Å². The lowest BCUT2D eigenvalue weighted by molar-refractivity contribution is -0.149. The summed E-state index contributed by atoms with van der Waals surface area (Å²) < 4.78 is 10.4. The van der Waals surface area contributed by atoms with Crippen molar-refractivity contribution >= 4 is 34.2 Å². The van der Waals surface area contributed by atoms with E-state index in [-0.39, 0.29) is 12.5 Å². The van der Waals surface area contributed by atoms with Crippen LogP contribution >= 0.6 is 0 Å². The molecular weight excluding hydrogens is 372 g/mol. The first kappa shape index (κ1) is 19.9. The molecule has 0 radical (unpaired) electrons. The molecule has 0 bridgehead atoms. The van der Waals surface area contributed by atoms with E-state index in [0.29, 0.717) is 17.0 Å². The molecule has 0 heterocycles. The monoisotopic (exact) mass is 392 g/mol. The first-order chi connectivity index (χ1) is 14.0. The second-order valence-corrected chi connectivity index (χ2v) is 6.17. The predicted octanol–water partition coefficient (Wildman–Crippen LogP) is 2.76. The molecule has 0 spiro atoms. The summed E-state index contributed by atoms with van der Waals surface area (Å²) in [6.45, 7) is -0.762. The van der Waals surface area contributed by atoms with E-state index >= 15 is 0 Å². The molecule has 0 aromatic heterocycles. The van der Waals surface area contributed by atoms with Gasteiger partial charge in [-0.15, -0.1) is 0 Å². The van der Waals surface area contributed by atoms with Crippen LogP contribution in [0.25, 0.3) is 10.8 Å². The molecule has 0 atom stereocenters. The highest BCUT2D eigenvalue weighted by molar-refractivity contribution is 5.97. The van der Waals surface area contributed by atoms with E-state index in [4.69, 9.17) is 9.47 Å². The molecule has 7 heteroatoms. The van der Waals surface area contributed by atoms with Crippen molar-refractivity contribution in [1.82, 2.24) is 5.32 Å². The van der Waals surface area contributed by atoms with Gasteiger partial charge in [0.25, 0.3) is 11.8 Å². The number of nitrogens with one attached hydrogen (secondary N) is 2. The highest BCUT2D eigenvalue weighted by atomic mass is 16.6. The molecular formula is C22H20N2O5. The smallest absolute Gasteiger partial charge is 0.344 e. The topological polar surface area (TPSA) is 93.7 Å². The van der Waals surface area contributed by atoms with Gasteiger partial charge in [-0.05, 0) is 41.1 Å². The number of anilines is 1. The van der Waals surface area contributed by atoms with Gasteiger partial charge in [0.05, 0.1) is 0 Å². The Kier molecular flexibility index (Phi) is 6.42. The highest BCUT2D eigenvalue weighted by Gasteiger charge is 2.10. The van der Waals surface area contributed by atoms with Gasteiger partial charge in [-0.3, -0.25) is 9.59 Å². The lowest BCUT2D eigenvalue weighted by Gasteiger charge is -2.09. The van der Waals surface area contributed by atoms with Gasteiger partial charge in [-0.2, -0.15) is 0 Å². The molecule has 0 aliphatic heterocycles. The quantitative estimate of drug-likeness (QED) is 0.603. The Morgan fingerprint density at radius 1 is 0.862 bits per heavy atom. The maximum absolute atomic E-state index is 12.0. The lowest BCUT2D eigenvalue weighted by Crippen LogP contribution is -2.24. The predicted molar refractivity (Wildman–Crippen MR) is 109 cm³/mol. The molecule has 148 valence electrons. The molecule has 3 rings (SSSR count). The Morgan fingerprint density at radius 3 is 2.45 bits per heavy atom. The maximum atomic E-state index is 12.0. The third kappa shape index (κ3) is 5.55. The number of amides is 2. The summed E-state index contributed by atoms with van der Waals surface area (Å²) in [5.41, 5.74) is 0.839. The van der Waals surface area contributed by atoms with Gasteiger partial charge in [0.15, 0.2) is 13.2 Å². The Hall–Kier alpha value is -3.87. The van der Waals surface area contributed by atoms with Crippen LogP contribution in [0.3, 0.4) is 0 Å². The van der Waals surface area contributed by atoms with E-state index in [1.807, 2.05) is 36.4 Å². The van der Waals surface area contributed by atoms with Gasteiger partial charge in [0.1, 0.15) is 5.75 Å². The molecule has 0 fully saturated rings. The number of hydrogen-bond acceptors (Lipinski definition) is 5. The van der Waals surface area contributed by atoms with Crippen molar-refractivity contribution in [3.05, 3.63) is 72.3 Å². The van der Waals surface area contributed by atoms with Crippen LogP contribution in [-0.4, -0.2) is 38.0 Å². The zero-order valence-corrected chi connectivity index (χ0v) is 15.8. The Bertz CT molecular complexity index is 1050. The zero-order valence-electron chi connectivity index (χ0n) is 15.8. The van der Waals surface area contributed by atoms with E-state index in [0.717, 1.165) is 10.8 Å². The summed E-state index contributed by atoms with van der Waals surface area (Å²) in [4.78, 5) is 35.4. The molecule has 29 heavy (non-hydrogen) atoms. The Balaban J connectivity index is 1.46. The summed E-state index contributed by atoms with van der Waals surface area (Å²) in [5, 5.41) is 7.14. The zero-order chi connectivity index (χ0) is 20.6. The number of carbonyl (C=O) groups excluding carboxylic acids is 3. The summed E-state index contributed by atoms with van der Waals surface area (Å²) in [5.74, 6) is -0.903. The average Bonchev–Trinajstić information content (AvgIpc) is 2.75. The van der Waals surface area contributed by atoms with Crippen molar-refractivity contribution in [3.8, 4) is 5.75 Å². The molecule has 0 aliphatic carbocycles. The standard InChI is InChI=1S/C22H20N2O5/c1-23-22(27)17-7-4-8-18(11-17)24-20(25)13-29-21(26)14-28-19-10-9-15-5-2-3-6-16(15)12-19/h2-12H,13-14H2,1H3,(H,23,27)(H,24,25). The number of ether oxygens (including phenoxy) is 2. The Labute approximate surface area is 167 Å². The number of rotatable bonds is 7. The van der Waals surface area contributed by atoms with Crippen LogP contribution < -0.4 is 15.4 Å². The van der Waals surface area contributed by atoms with E-state index in [2.05, 4.69) is 10.6 Å². The molecule has 0 aliphatic rings. The van der Waals surface area contributed by atoms with Crippen LogP contribution in [0.15, 0.2) is 66.7 Å². The fourth-order valence-electron chi connectivity index (χ4n) is 2.67. The van der Waals surface area contributed by atoms with Gasteiger partial charge in [0, 0.05) is 18.3 Å². The molecule has 7 nitrogen and oxygen atoms in total. The number of carbonyl (C=O) groups is 3. The van der Waals surface area contributed by atoms with Crippen LogP contribution in [0.1, 0.15) is 10.4 Å². The average molecular weight is 392 g/mol. The largest absolute Gasteiger partial charge is 0.482 e. The third-order valence-electron chi connectivity index (χ3n) is 4.08. The van der Waals surface area contributed by atoms with Gasteiger partial charge < -0.3 is 20.1 Å². The van der Waals surface area contributed by atoms with Crippen molar-refractivity contribution in [2.45, 2.75) is 0 Å². The van der Waals surface area contributed by atoms with Crippen LogP contribution in [0.5, 0.6) is 5.75 Å². The SMILES string of the molecule is CNC(=O)c1cccc(NC(=O)COC(=O)COc2ccc3ccccc3c2)c1. The van der Waals surface area contributed by atoms with Crippen LogP contribution in [-0.2, 0) is 14.3 Å². The molecule has 2 amide bonds. The number of benzene rings is 3. The van der Waals surface area contributed by atoms with Crippen molar-refractivity contribution in [2.24, 2.45) is 0 Å². The molecule has 0 unspecified atom stereocenters. The first-order valence-corrected chi connectivity index (χ1v) is 8.94. The molecule has 0 saturated heterocycles. The van der Waals surface area contributed by atoms with Crippen LogP contribution in [0.4, 0.5) is 5.69 Å². The van der Waals surface area contributed by atoms with Crippen LogP contribution in [0, 0.1) is 0 Å². The summed E-state index contributed by atoms with van der Waals surface area (Å²) in [6.07, 6.45) is 0. The van der Waals surface area contributed by atoms with E-state index < -0.39 is 18.5 Å². The summed E-state index contributed by atoms with van der Waals surface area (Å²) in [6, 6.07) is 19.7. The highest BCUT2D eigenvalue weighted by Crippen LogP contribution is 2.20. The molecule has 3 aromatic rings. The first-order valence-electron chi connectivity index (χ1n) is 8.94. The van der Waals surface area contributed by atoms with Crippen molar-refractivity contribution < 1.29 is 23.9 Å². The molecule has 3 aromatic carbocycles. The molecule has 2 N–H and O–H groups in total. The fourth-order valence-corrected chi connectivity index (χ4v) is 2.67. The fraction of sp³-hybridized carbons (Fsp3) is 0.136. The van der Waals surface area contributed by atoms with Crippen molar-refractivity contribution in [2.75, 3.05) is 25.6 Å². The summed E-state index contributed by atoms with van der Waals surface area (Å²) in [7, 11) is 1.52.